The normalized spacial score (nSPS) is 14.2. The van der Waals surface area contributed by atoms with Crippen LogP contribution in [0.25, 0.3) is 0 Å². The summed E-state index contributed by atoms with van der Waals surface area (Å²) in [7, 11) is 2.04. The zero-order valence-electron chi connectivity index (χ0n) is 12.0. The van der Waals surface area contributed by atoms with Crippen molar-refractivity contribution >= 4 is 34.0 Å². The molecule has 0 spiro atoms. The lowest BCUT2D eigenvalue weighted by Gasteiger charge is -2.20. The Kier molecular flexibility index (Phi) is 4.12. The van der Waals surface area contributed by atoms with E-state index >= 15 is 0 Å². The third-order valence-corrected chi connectivity index (χ3v) is 4.27. The summed E-state index contributed by atoms with van der Waals surface area (Å²) >= 11 is 1.41. The van der Waals surface area contributed by atoms with Crippen LogP contribution in [0.2, 0.25) is 0 Å². The lowest BCUT2D eigenvalue weighted by atomic mass is 10.2. The quantitative estimate of drug-likeness (QED) is 0.810. The van der Waals surface area contributed by atoms with Gasteiger partial charge in [0.2, 0.25) is 0 Å². The molecule has 0 radical (unpaired) electrons. The molecule has 8 heteroatoms. The topological polar surface area (TPSA) is 87.2 Å². The van der Waals surface area contributed by atoms with E-state index in [0.29, 0.717) is 10.8 Å². The minimum absolute atomic E-state index is 0.464. The summed E-state index contributed by atoms with van der Waals surface area (Å²) in [6.07, 6.45) is 3.93. The number of amides is 2. The first-order valence-corrected chi connectivity index (χ1v) is 7.63. The van der Waals surface area contributed by atoms with Gasteiger partial charge in [-0.05, 0) is 19.2 Å². The zero-order chi connectivity index (χ0) is 15.5. The summed E-state index contributed by atoms with van der Waals surface area (Å²) in [5.41, 5.74) is 1.48. The largest absolute Gasteiger partial charge is 0.316 e. The minimum atomic E-state index is -0.738. The molecule has 1 aliphatic rings. The Bertz CT molecular complexity index is 701. The van der Waals surface area contributed by atoms with Crippen molar-refractivity contribution in [1.82, 2.24) is 14.9 Å². The monoisotopic (exact) mass is 317 g/mol. The molecule has 0 aromatic carbocycles. The van der Waals surface area contributed by atoms with E-state index in [-0.39, 0.29) is 0 Å². The number of carbonyl (C=O) groups excluding carboxylic acids is 2. The fourth-order valence-electron chi connectivity index (χ4n) is 2.16. The molecule has 0 saturated carbocycles. The lowest BCUT2D eigenvalue weighted by Crippen LogP contribution is -2.29. The first-order chi connectivity index (χ1) is 10.6. The van der Waals surface area contributed by atoms with Gasteiger partial charge in [0.1, 0.15) is 0 Å². The van der Waals surface area contributed by atoms with Gasteiger partial charge in [-0.1, -0.05) is 0 Å². The Morgan fingerprint density at radius 3 is 2.91 bits per heavy atom. The van der Waals surface area contributed by atoms with Gasteiger partial charge in [-0.3, -0.25) is 19.9 Å². The van der Waals surface area contributed by atoms with E-state index < -0.39 is 11.8 Å². The van der Waals surface area contributed by atoms with Crippen LogP contribution in [-0.2, 0) is 22.6 Å². The van der Waals surface area contributed by atoms with Crippen molar-refractivity contribution in [3.8, 4) is 0 Å². The van der Waals surface area contributed by atoms with Crippen molar-refractivity contribution in [2.75, 3.05) is 24.2 Å². The highest BCUT2D eigenvalue weighted by Crippen LogP contribution is 2.27. The van der Waals surface area contributed by atoms with E-state index in [9.17, 15) is 9.59 Å². The summed E-state index contributed by atoms with van der Waals surface area (Å²) in [4.78, 5) is 35.3. The van der Waals surface area contributed by atoms with Crippen LogP contribution in [0.5, 0.6) is 0 Å². The second kappa shape index (κ2) is 6.20. The van der Waals surface area contributed by atoms with Gasteiger partial charge in [0, 0.05) is 30.6 Å². The third-order valence-electron chi connectivity index (χ3n) is 3.27. The zero-order valence-corrected chi connectivity index (χ0v) is 12.8. The van der Waals surface area contributed by atoms with Crippen LogP contribution in [0.1, 0.15) is 10.6 Å². The molecular formula is C14H15N5O2S. The van der Waals surface area contributed by atoms with Gasteiger partial charge in [0.15, 0.2) is 5.13 Å². The van der Waals surface area contributed by atoms with Crippen molar-refractivity contribution in [1.29, 1.82) is 0 Å². The van der Waals surface area contributed by atoms with Gasteiger partial charge in [0.05, 0.1) is 17.6 Å². The molecule has 2 amide bonds. The maximum absolute atomic E-state index is 11.9. The molecule has 0 atom stereocenters. The van der Waals surface area contributed by atoms with E-state index in [1.54, 1.807) is 18.3 Å². The number of aromatic nitrogens is 2. The Morgan fingerprint density at radius 1 is 1.32 bits per heavy atom. The van der Waals surface area contributed by atoms with Crippen LogP contribution < -0.4 is 10.6 Å². The molecule has 0 bridgehead atoms. The number of fused-ring (bicyclic) bond motifs is 1. The van der Waals surface area contributed by atoms with Crippen LogP contribution in [0.15, 0.2) is 24.5 Å². The first kappa shape index (κ1) is 14.6. The first-order valence-electron chi connectivity index (χ1n) is 6.81. The van der Waals surface area contributed by atoms with E-state index in [1.807, 2.05) is 7.05 Å². The number of nitrogens with zero attached hydrogens (tertiary/aromatic N) is 3. The number of likely N-dealkylation sites (N-methyl/N-ethyl adjacent to an activating group) is 1. The molecule has 0 unspecified atom stereocenters. The molecule has 0 saturated heterocycles. The highest BCUT2D eigenvalue weighted by Gasteiger charge is 2.21. The standard InChI is InChI=1S/C14H15N5O2S/c1-19-6-4-10-11(8-19)22-14(17-10)18-13(21)12(20)16-9-3-2-5-15-7-9/h2-3,5,7H,4,6,8H2,1H3,(H,16,20)(H,17,18,21). The molecule has 3 rings (SSSR count). The predicted molar refractivity (Wildman–Crippen MR) is 83.6 cm³/mol. The Hall–Kier alpha value is -2.32. The number of hydrogen-bond donors (Lipinski definition) is 2. The van der Waals surface area contributed by atoms with Gasteiger partial charge >= 0.3 is 11.8 Å². The van der Waals surface area contributed by atoms with Crippen LogP contribution >= 0.6 is 11.3 Å². The number of thiazole rings is 1. The second-order valence-corrected chi connectivity index (χ2v) is 6.11. The fraction of sp³-hybridized carbons (Fsp3) is 0.286. The van der Waals surface area contributed by atoms with Crippen LogP contribution in [0.4, 0.5) is 10.8 Å². The maximum Gasteiger partial charge on any atom is 0.315 e. The van der Waals surface area contributed by atoms with Crippen LogP contribution in [0, 0.1) is 0 Å². The average Bonchev–Trinajstić information content (AvgIpc) is 2.89. The van der Waals surface area contributed by atoms with Crippen molar-refractivity contribution in [2.45, 2.75) is 13.0 Å². The molecule has 22 heavy (non-hydrogen) atoms. The molecule has 2 aromatic rings. The van der Waals surface area contributed by atoms with E-state index in [0.717, 1.165) is 30.1 Å². The SMILES string of the molecule is CN1CCc2nc(NC(=O)C(=O)Nc3cccnc3)sc2C1. The molecule has 2 N–H and O–H groups in total. The molecule has 0 aliphatic carbocycles. The smallest absolute Gasteiger partial charge is 0.315 e. The summed E-state index contributed by atoms with van der Waals surface area (Å²) in [6, 6.07) is 3.34. The summed E-state index contributed by atoms with van der Waals surface area (Å²) < 4.78 is 0. The Labute approximate surface area is 131 Å². The lowest BCUT2D eigenvalue weighted by molar-refractivity contribution is -0.133. The molecule has 1 aliphatic heterocycles. The number of hydrogen-bond acceptors (Lipinski definition) is 6. The molecule has 114 valence electrons. The van der Waals surface area contributed by atoms with Gasteiger partial charge < -0.3 is 10.2 Å². The number of rotatable bonds is 2. The average molecular weight is 317 g/mol. The molecular weight excluding hydrogens is 302 g/mol. The van der Waals surface area contributed by atoms with E-state index in [1.165, 1.54) is 17.5 Å². The molecule has 3 heterocycles. The van der Waals surface area contributed by atoms with Gasteiger partial charge in [-0.25, -0.2) is 4.98 Å². The highest BCUT2D eigenvalue weighted by atomic mass is 32.1. The number of nitrogens with one attached hydrogen (secondary N) is 2. The second-order valence-electron chi connectivity index (χ2n) is 5.03. The number of anilines is 2. The minimum Gasteiger partial charge on any atom is -0.316 e. The summed E-state index contributed by atoms with van der Waals surface area (Å²) in [5, 5.41) is 5.50. The van der Waals surface area contributed by atoms with E-state index in [2.05, 4.69) is 25.5 Å². The Balaban J connectivity index is 1.63. The van der Waals surface area contributed by atoms with E-state index in [4.69, 9.17) is 0 Å². The van der Waals surface area contributed by atoms with Crippen LogP contribution in [-0.4, -0.2) is 40.3 Å². The van der Waals surface area contributed by atoms with Crippen molar-refractivity contribution in [3.63, 3.8) is 0 Å². The summed E-state index contributed by atoms with van der Waals surface area (Å²) in [6.45, 7) is 1.77. The molecule has 2 aromatic heterocycles. The van der Waals surface area contributed by atoms with Gasteiger partial charge in [-0.15, -0.1) is 11.3 Å². The maximum atomic E-state index is 11.9. The van der Waals surface area contributed by atoms with Crippen molar-refractivity contribution in [3.05, 3.63) is 35.1 Å². The van der Waals surface area contributed by atoms with Gasteiger partial charge in [-0.2, -0.15) is 0 Å². The number of carbonyl (C=O) groups is 2. The van der Waals surface area contributed by atoms with Crippen molar-refractivity contribution in [2.24, 2.45) is 0 Å². The fourth-order valence-corrected chi connectivity index (χ4v) is 3.24. The molecule has 7 nitrogen and oxygen atoms in total. The highest BCUT2D eigenvalue weighted by molar-refractivity contribution is 7.16. The molecule has 0 fully saturated rings. The van der Waals surface area contributed by atoms with Crippen molar-refractivity contribution < 1.29 is 9.59 Å². The Morgan fingerprint density at radius 2 is 2.14 bits per heavy atom. The van der Waals surface area contributed by atoms with Gasteiger partial charge in [0.25, 0.3) is 0 Å². The number of pyridine rings is 1. The van der Waals surface area contributed by atoms with Crippen LogP contribution in [0.3, 0.4) is 0 Å². The predicted octanol–water partition coefficient (Wildman–Crippen LogP) is 1.10. The third kappa shape index (κ3) is 3.29. The summed E-state index contributed by atoms with van der Waals surface area (Å²) in [5.74, 6) is -1.47.